The number of amides is 2. The average Bonchev–Trinajstić information content (AvgIpc) is 3.42. The number of nitrogens with zero attached hydrogens (tertiary/aromatic N) is 2. The zero-order valence-electron chi connectivity index (χ0n) is 16.0. The highest BCUT2D eigenvalue weighted by Crippen LogP contribution is 2.40. The number of ether oxygens (including phenoxy) is 2. The van der Waals surface area contributed by atoms with Gasteiger partial charge in [0.1, 0.15) is 23.1 Å². The van der Waals surface area contributed by atoms with Crippen LogP contribution in [0.25, 0.3) is 0 Å². The van der Waals surface area contributed by atoms with E-state index in [1.54, 1.807) is 17.3 Å². The van der Waals surface area contributed by atoms with E-state index in [2.05, 4.69) is 10.3 Å². The molecule has 4 rings (SSSR count). The Hall–Kier alpha value is -2.32. The van der Waals surface area contributed by atoms with E-state index in [0.29, 0.717) is 40.6 Å². The minimum atomic E-state index is -0.328. The molecule has 7 nitrogen and oxygen atoms in total. The molecular formula is C20H22ClN3O4S. The summed E-state index contributed by atoms with van der Waals surface area (Å²) in [7, 11) is 1.55. The molecule has 2 heterocycles. The number of hydrogen-bond donors (Lipinski definition) is 1. The van der Waals surface area contributed by atoms with Crippen molar-refractivity contribution in [3.63, 3.8) is 0 Å². The largest absolute Gasteiger partial charge is 0.490 e. The summed E-state index contributed by atoms with van der Waals surface area (Å²) in [4.78, 5) is 29.9. The summed E-state index contributed by atoms with van der Waals surface area (Å²) in [6, 6.07) is 7.41. The number of thiazole rings is 1. The molecule has 1 N–H and O–H groups in total. The Bertz CT molecular complexity index is 874. The Labute approximate surface area is 178 Å². The van der Waals surface area contributed by atoms with Crippen LogP contribution in [0.1, 0.15) is 28.3 Å². The predicted octanol–water partition coefficient (Wildman–Crippen LogP) is 3.58. The van der Waals surface area contributed by atoms with Crippen LogP contribution in [0.4, 0.5) is 4.79 Å². The molecule has 2 fully saturated rings. The molecule has 0 unspecified atom stereocenters. The molecule has 1 saturated carbocycles. The Morgan fingerprint density at radius 3 is 2.59 bits per heavy atom. The lowest BCUT2D eigenvalue weighted by atomic mass is 10.0. The van der Waals surface area contributed by atoms with Gasteiger partial charge < -0.3 is 19.7 Å². The zero-order chi connectivity index (χ0) is 20.4. The summed E-state index contributed by atoms with van der Waals surface area (Å²) in [5, 5.41) is 5.47. The van der Waals surface area contributed by atoms with Gasteiger partial charge in [-0.05, 0) is 48.9 Å². The van der Waals surface area contributed by atoms with Crippen LogP contribution in [0.15, 0.2) is 29.6 Å². The number of halogens is 1. The Morgan fingerprint density at radius 2 is 1.93 bits per heavy atom. The van der Waals surface area contributed by atoms with Crippen LogP contribution in [0.2, 0.25) is 5.02 Å². The van der Waals surface area contributed by atoms with Crippen molar-refractivity contribution in [1.29, 1.82) is 0 Å². The van der Waals surface area contributed by atoms with Gasteiger partial charge in [0.15, 0.2) is 0 Å². The smallest absolute Gasteiger partial charge is 0.410 e. The standard InChI is InChI=1S/C20H22ClN3O4S/c1-22-19(25)17-11-29-18(23-17)10-27-20(26)24-8-12-6-16(7-13(12)9-24)28-15-4-2-14(21)3-5-15/h2-5,11-13,16H,6-10H2,1H3,(H,22,25)/t12-,13+,16-. The summed E-state index contributed by atoms with van der Waals surface area (Å²) in [5.74, 6) is 1.44. The molecule has 1 saturated heterocycles. The van der Waals surface area contributed by atoms with E-state index in [4.69, 9.17) is 21.1 Å². The van der Waals surface area contributed by atoms with Crippen molar-refractivity contribution in [2.45, 2.75) is 25.6 Å². The van der Waals surface area contributed by atoms with Crippen molar-refractivity contribution in [1.82, 2.24) is 15.2 Å². The maximum absolute atomic E-state index is 12.4. The molecular weight excluding hydrogens is 414 g/mol. The van der Waals surface area contributed by atoms with E-state index in [1.807, 2.05) is 24.3 Å². The number of benzene rings is 1. The summed E-state index contributed by atoms with van der Waals surface area (Å²) in [5.41, 5.74) is 0.339. The fraction of sp³-hybridized carbons (Fsp3) is 0.450. The third-order valence-corrected chi connectivity index (χ3v) is 6.49. The lowest BCUT2D eigenvalue weighted by Crippen LogP contribution is -2.31. The number of rotatable bonds is 5. The lowest BCUT2D eigenvalue weighted by Gasteiger charge is -2.19. The number of carbonyl (C=O) groups excluding carboxylic acids is 2. The van der Waals surface area contributed by atoms with Crippen molar-refractivity contribution < 1.29 is 19.1 Å². The number of carbonyl (C=O) groups is 2. The second kappa shape index (κ2) is 8.59. The van der Waals surface area contributed by atoms with Crippen LogP contribution in [0.5, 0.6) is 5.75 Å². The van der Waals surface area contributed by atoms with E-state index >= 15 is 0 Å². The fourth-order valence-corrected chi connectivity index (χ4v) is 4.83. The molecule has 1 aliphatic carbocycles. The first-order chi connectivity index (χ1) is 14.0. The molecule has 1 aromatic carbocycles. The van der Waals surface area contributed by atoms with E-state index < -0.39 is 0 Å². The van der Waals surface area contributed by atoms with Gasteiger partial charge in [-0.2, -0.15) is 0 Å². The quantitative estimate of drug-likeness (QED) is 0.776. The number of fused-ring (bicyclic) bond motifs is 1. The molecule has 1 aliphatic heterocycles. The highest BCUT2D eigenvalue weighted by atomic mass is 35.5. The molecule has 2 aromatic rings. The number of aromatic nitrogens is 1. The Balaban J connectivity index is 1.23. The highest BCUT2D eigenvalue weighted by Gasteiger charge is 2.43. The molecule has 0 spiro atoms. The number of nitrogens with one attached hydrogen (secondary N) is 1. The first-order valence-corrected chi connectivity index (χ1v) is 10.8. The Morgan fingerprint density at radius 1 is 1.24 bits per heavy atom. The van der Waals surface area contributed by atoms with Gasteiger partial charge in [0.2, 0.25) is 0 Å². The second-order valence-electron chi connectivity index (χ2n) is 7.35. The molecule has 2 amide bonds. The van der Waals surface area contributed by atoms with Crippen LogP contribution in [0.3, 0.4) is 0 Å². The normalized spacial score (nSPS) is 23.0. The lowest BCUT2D eigenvalue weighted by molar-refractivity contribution is 0.0956. The number of hydrogen-bond acceptors (Lipinski definition) is 6. The number of likely N-dealkylation sites (tertiary alicyclic amines) is 1. The van der Waals surface area contributed by atoms with Crippen LogP contribution in [0, 0.1) is 11.8 Å². The van der Waals surface area contributed by atoms with E-state index in [1.165, 1.54) is 11.3 Å². The maximum atomic E-state index is 12.4. The Kier molecular flexibility index (Phi) is 5.91. The van der Waals surface area contributed by atoms with Crippen LogP contribution in [-0.2, 0) is 11.3 Å². The summed E-state index contributed by atoms with van der Waals surface area (Å²) in [6.07, 6.45) is 1.70. The van der Waals surface area contributed by atoms with Gasteiger partial charge >= 0.3 is 6.09 Å². The van der Waals surface area contributed by atoms with Crippen LogP contribution in [-0.4, -0.2) is 48.1 Å². The third kappa shape index (κ3) is 4.64. The van der Waals surface area contributed by atoms with Gasteiger partial charge in [-0.25, -0.2) is 9.78 Å². The minimum absolute atomic E-state index is 0.0780. The third-order valence-electron chi connectivity index (χ3n) is 5.41. The first kappa shape index (κ1) is 20.0. The molecule has 9 heteroatoms. The molecule has 29 heavy (non-hydrogen) atoms. The van der Waals surface area contributed by atoms with E-state index in [0.717, 1.165) is 18.6 Å². The van der Waals surface area contributed by atoms with Crippen molar-refractivity contribution >= 4 is 34.9 Å². The molecule has 2 aliphatic rings. The van der Waals surface area contributed by atoms with Crippen LogP contribution >= 0.6 is 22.9 Å². The zero-order valence-corrected chi connectivity index (χ0v) is 17.5. The van der Waals surface area contributed by atoms with E-state index in [9.17, 15) is 9.59 Å². The topological polar surface area (TPSA) is 80.8 Å². The van der Waals surface area contributed by atoms with Crippen molar-refractivity contribution in [3.05, 3.63) is 45.4 Å². The summed E-state index contributed by atoms with van der Waals surface area (Å²) in [6.45, 7) is 1.45. The van der Waals surface area contributed by atoms with Crippen molar-refractivity contribution in [3.8, 4) is 5.75 Å². The van der Waals surface area contributed by atoms with Crippen LogP contribution < -0.4 is 10.1 Å². The maximum Gasteiger partial charge on any atom is 0.410 e. The molecule has 154 valence electrons. The SMILES string of the molecule is CNC(=O)c1csc(COC(=O)N2C[C@H]3C[C@@H](Oc4ccc(Cl)cc4)C[C@H]3C2)n1. The van der Waals surface area contributed by atoms with E-state index in [-0.39, 0.29) is 24.7 Å². The van der Waals surface area contributed by atoms with Gasteiger partial charge in [-0.3, -0.25) is 4.79 Å². The summed E-state index contributed by atoms with van der Waals surface area (Å²) >= 11 is 7.22. The second-order valence-corrected chi connectivity index (χ2v) is 8.73. The van der Waals surface area contributed by atoms with Gasteiger partial charge in [-0.15, -0.1) is 11.3 Å². The average molecular weight is 436 g/mol. The summed E-state index contributed by atoms with van der Waals surface area (Å²) < 4.78 is 11.5. The van der Waals surface area contributed by atoms with Crippen molar-refractivity contribution in [2.75, 3.05) is 20.1 Å². The minimum Gasteiger partial charge on any atom is -0.490 e. The molecule has 0 bridgehead atoms. The molecule has 0 radical (unpaired) electrons. The first-order valence-electron chi connectivity index (χ1n) is 9.52. The molecule has 1 aromatic heterocycles. The van der Waals surface area contributed by atoms with Gasteiger partial charge in [-0.1, -0.05) is 11.6 Å². The van der Waals surface area contributed by atoms with Gasteiger partial charge in [0.05, 0.1) is 6.10 Å². The van der Waals surface area contributed by atoms with Gasteiger partial charge in [0, 0.05) is 30.5 Å². The fourth-order valence-electron chi connectivity index (χ4n) is 4.02. The predicted molar refractivity (Wildman–Crippen MR) is 109 cm³/mol. The molecule has 3 atom stereocenters. The highest BCUT2D eigenvalue weighted by molar-refractivity contribution is 7.09. The monoisotopic (exact) mass is 435 g/mol. The van der Waals surface area contributed by atoms with Crippen molar-refractivity contribution in [2.24, 2.45) is 11.8 Å². The van der Waals surface area contributed by atoms with Gasteiger partial charge in [0.25, 0.3) is 5.91 Å².